The molecule has 1 aromatic rings. The standard InChI is InChI=1S/C22H33BrOSi/c1-5-21(18-12-10-9-11-13-18)22(19-14-16-20(23)17-15-19)24-25(6-2,7-3)8-4/h1,14-18,21-22H,6-13H2,2-4H3/t21-,22-/m0/s1. The van der Waals surface area contributed by atoms with Crippen molar-refractivity contribution in [3.8, 4) is 12.3 Å². The fraction of sp³-hybridized carbons (Fsp3) is 0.636. The minimum Gasteiger partial charge on any atom is -0.409 e. The summed E-state index contributed by atoms with van der Waals surface area (Å²) in [5.74, 6) is 3.96. The van der Waals surface area contributed by atoms with Crippen molar-refractivity contribution in [3.63, 3.8) is 0 Å². The van der Waals surface area contributed by atoms with Gasteiger partial charge in [0.15, 0.2) is 8.32 Å². The van der Waals surface area contributed by atoms with Crippen molar-refractivity contribution in [3.05, 3.63) is 34.3 Å². The largest absolute Gasteiger partial charge is 0.409 e. The van der Waals surface area contributed by atoms with Crippen molar-refractivity contribution >= 4 is 24.2 Å². The molecule has 2 rings (SSSR count). The Kier molecular flexibility index (Phi) is 8.26. The number of rotatable bonds is 8. The van der Waals surface area contributed by atoms with E-state index in [0.29, 0.717) is 5.92 Å². The third-order valence-corrected chi connectivity index (χ3v) is 11.3. The summed E-state index contributed by atoms with van der Waals surface area (Å²) in [6.45, 7) is 6.88. The lowest BCUT2D eigenvalue weighted by Crippen LogP contribution is -2.40. The fourth-order valence-corrected chi connectivity index (χ4v) is 7.32. The lowest BCUT2D eigenvalue weighted by molar-refractivity contribution is 0.101. The predicted octanol–water partition coefficient (Wildman–Crippen LogP) is 7.34. The summed E-state index contributed by atoms with van der Waals surface area (Å²) in [6, 6.07) is 12.1. The maximum absolute atomic E-state index is 7.00. The van der Waals surface area contributed by atoms with E-state index in [0.717, 1.165) is 22.6 Å². The molecule has 0 aromatic heterocycles. The molecule has 0 unspecified atom stereocenters. The van der Waals surface area contributed by atoms with Crippen LogP contribution in [0.4, 0.5) is 0 Å². The molecule has 1 aliphatic rings. The molecule has 0 N–H and O–H groups in total. The Morgan fingerprint density at radius 2 is 1.64 bits per heavy atom. The highest BCUT2D eigenvalue weighted by atomic mass is 79.9. The highest BCUT2D eigenvalue weighted by molar-refractivity contribution is 9.10. The van der Waals surface area contributed by atoms with E-state index in [1.165, 1.54) is 37.7 Å². The minimum atomic E-state index is -1.73. The van der Waals surface area contributed by atoms with Crippen molar-refractivity contribution in [2.75, 3.05) is 0 Å². The van der Waals surface area contributed by atoms with Crippen LogP contribution < -0.4 is 0 Å². The molecule has 2 atom stereocenters. The van der Waals surface area contributed by atoms with Gasteiger partial charge in [0.25, 0.3) is 0 Å². The van der Waals surface area contributed by atoms with Gasteiger partial charge in [0.2, 0.25) is 0 Å². The SMILES string of the molecule is C#C[C@@H](C1CCCCC1)[C@@H](O[Si](CC)(CC)CC)c1ccc(Br)cc1. The molecule has 1 aromatic carbocycles. The van der Waals surface area contributed by atoms with E-state index in [9.17, 15) is 0 Å². The van der Waals surface area contributed by atoms with Gasteiger partial charge in [0.1, 0.15) is 0 Å². The molecule has 3 heteroatoms. The van der Waals surface area contributed by atoms with Crippen LogP contribution in [0.2, 0.25) is 18.1 Å². The van der Waals surface area contributed by atoms with Gasteiger partial charge in [-0.05, 0) is 54.6 Å². The van der Waals surface area contributed by atoms with Crippen molar-refractivity contribution in [2.45, 2.75) is 77.1 Å². The maximum Gasteiger partial charge on any atom is 0.192 e. The molecule has 138 valence electrons. The molecule has 0 bridgehead atoms. The van der Waals surface area contributed by atoms with Crippen LogP contribution in [0.1, 0.15) is 64.5 Å². The molecule has 0 amide bonds. The lowest BCUT2D eigenvalue weighted by Gasteiger charge is -2.39. The molecule has 0 radical (unpaired) electrons. The van der Waals surface area contributed by atoms with Crippen molar-refractivity contribution < 1.29 is 4.43 Å². The second kappa shape index (κ2) is 9.95. The topological polar surface area (TPSA) is 9.23 Å². The van der Waals surface area contributed by atoms with Crippen molar-refractivity contribution in [1.29, 1.82) is 0 Å². The van der Waals surface area contributed by atoms with Crippen molar-refractivity contribution in [2.24, 2.45) is 11.8 Å². The van der Waals surface area contributed by atoms with Crippen LogP contribution in [0, 0.1) is 24.2 Å². The summed E-state index contributed by atoms with van der Waals surface area (Å²) in [5, 5.41) is 0. The fourth-order valence-electron chi connectivity index (χ4n) is 4.23. The summed E-state index contributed by atoms with van der Waals surface area (Å²) in [6.07, 6.45) is 12.6. The van der Waals surface area contributed by atoms with Gasteiger partial charge < -0.3 is 4.43 Å². The normalized spacial score (nSPS) is 18.5. The highest BCUT2D eigenvalue weighted by Crippen LogP contribution is 2.42. The second-order valence-corrected chi connectivity index (χ2v) is 13.1. The zero-order valence-corrected chi connectivity index (χ0v) is 18.6. The lowest BCUT2D eigenvalue weighted by atomic mass is 9.76. The number of terminal acetylenes is 1. The predicted molar refractivity (Wildman–Crippen MR) is 114 cm³/mol. The van der Waals surface area contributed by atoms with Crippen LogP contribution in [0.25, 0.3) is 0 Å². The Morgan fingerprint density at radius 3 is 2.12 bits per heavy atom. The second-order valence-electron chi connectivity index (χ2n) is 7.42. The quantitative estimate of drug-likeness (QED) is 0.315. The average Bonchev–Trinajstić information content (AvgIpc) is 2.67. The third-order valence-electron chi connectivity index (χ3n) is 6.18. The van der Waals surface area contributed by atoms with Gasteiger partial charge >= 0.3 is 0 Å². The Labute approximate surface area is 164 Å². The Balaban J connectivity index is 2.36. The van der Waals surface area contributed by atoms with Crippen LogP contribution >= 0.6 is 15.9 Å². The number of halogens is 1. The van der Waals surface area contributed by atoms with E-state index in [1.54, 1.807) is 0 Å². The first-order valence-corrected chi connectivity index (χ1v) is 13.3. The first-order chi connectivity index (χ1) is 12.1. The summed E-state index contributed by atoms with van der Waals surface area (Å²) >= 11 is 3.56. The molecular formula is C22H33BrOSi. The molecule has 1 saturated carbocycles. The van der Waals surface area contributed by atoms with Gasteiger partial charge in [-0.3, -0.25) is 0 Å². The molecule has 1 nitrogen and oxygen atoms in total. The summed E-state index contributed by atoms with van der Waals surface area (Å²) < 4.78 is 8.11. The van der Waals surface area contributed by atoms with Crippen LogP contribution in [0.5, 0.6) is 0 Å². The third kappa shape index (κ3) is 5.22. The molecule has 25 heavy (non-hydrogen) atoms. The van der Waals surface area contributed by atoms with E-state index in [1.807, 2.05) is 0 Å². The number of benzene rings is 1. The van der Waals surface area contributed by atoms with E-state index in [-0.39, 0.29) is 12.0 Å². The van der Waals surface area contributed by atoms with Gasteiger partial charge in [0, 0.05) is 4.47 Å². The summed E-state index contributed by atoms with van der Waals surface area (Å²) in [7, 11) is -1.73. The van der Waals surface area contributed by atoms with Crippen LogP contribution in [-0.4, -0.2) is 8.32 Å². The Morgan fingerprint density at radius 1 is 1.08 bits per heavy atom. The molecule has 0 aliphatic heterocycles. The van der Waals surface area contributed by atoms with Gasteiger partial charge in [0.05, 0.1) is 12.0 Å². The van der Waals surface area contributed by atoms with Gasteiger partial charge in [-0.15, -0.1) is 12.3 Å². The molecule has 1 fully saturated rings. The zero-order valence-electron chi connectivity index (χ0n) is 16.1. The zero-order chi connectivity index (χ0) is 18.3. The van der Waals surface area contributed by atoms with E-state index in [4.69, 9.17) is 10.8 Å². The molecule has 0 spiro atoms. The average molecular weight is 421 g/mol. The maximum atomic E-state index is 7.00. The number of hydrogen-bond acceptors (Lipinski definition) is 1. The van der Waals surface area contributed by atoms with E-state index >= 15 is 0 Å². The van der Waals surface area contributed by atoms with Crippen LogP contribution in [0.15, 0.2) is 28.7 Å². The smallest absolute Gasteiger partial charge is 0.192 e. The Hall–Kier alpha value is -0.563. The molecule has 1 aliphatic carbocycles. The summed E-state index contributed by atoms with van der Waals surface area (Å²) in [4.78, 5) is 0. The Bertz CT molecular complexity index is 544. The van der Waals surface area contributed by atoms with Gasteiger partial charge in [-0.1, -0.05) is 68.1 Å². The first-order valence-electron chi connectivity index (χ1n) is 9.98. The molecule has 0 saturated heterocycles. The number of hydrogen-bond donors (Lipinski definition) is 0. The van der Waals surface area contributed by atoms with Gasteiger partial charge in [-0.2, -0.15) is 0 Å². The monoisotopic (exact) mass is 420 g/mol. The molecule has 0 heterocycles. The van der Waals surface area contributed by atoms with E-state index < -0.39 is 8.32 Å². The van der Waals surface area contributed by atoms with E-state index in [2.05, 4.69) is 66.9 Å². The minimum absolute atomic E-state index is 0.0488. The first kappa shape index (κ1) is 20.7. The highest BCUT2D eigenvalue weighted by Gasteiger charge is 2.38. The molecular weight excluding hydrogens is 388 g/mol. The van der Waals surface area contributed by atoms with Crippen LogP contribution in [0.3, 0.4) is 0 Å². The van der Waals surface area contributed by atoms with Crippen molar-refractivity contribution in [1.82, 2.24) is 0 Å². The van der Waals surface area contributed by atoms with Crippen LogP contribution in [-0.2, 0) is 4.43 Å². The van der Waals surface area contributed by atoms with Gasteiger partial charge in [-0.25, -0.2) is 0 Å². The summed E-state index contributed by atoms with van der Waals surface area (Å²) in [5.41, 5.74) is 1.25.